The first-order chi connectivity index (χ1) is 11.9. The Kier molecular flexibility index (Phi) is 5.80. The molecule has 12 heteroatoms. The molecule has 0 atom stereocenters. The number of aromatic nitrogens is 2. The molecule has 0 saturated heterocycles. The van der Waals surface area contributed by atoms with Gasteiger partial charge in [-0.1, -0.05) is 17.7 Å². The number of benzene rings is 1. The number of nitrogens with zero attached hydrogens (tertiary/aromatic N) is 5. The molecule has 0 unspecified atom stereocenters. The summed E-state index contributed by atoms with van der Waals surface area (Å²) in [6.07, 6.45) is 1.45. The van der Waals surface area contributed by atoms with Gasteiger partial charge in [-0.2, -0.15) is 5.10 Å². The van der Waals surface area contributed by atoms with E-state index in [0.717, 1.165) is 10.7 Å². The molecular weight excluding hydrogens is 401 g/mol. The summed E-state index contributed by atoms with van der Waals surface area (Å²) in [5.74, 6) is -0.178. The molecule has 0 radical (unpaired) electrons. The molecule has 0 saturated carbocycles. The summed E-state index contributed by atoms with van der Waals surface area (Å²) in [6.45, 7) is 1.91. The van der Waals surface area contributed by atoms with Crippen LogP contribution in [0, 0.1) is 17.0 Å². The molecule has 0 spiro atoms. The normalized spacial score (nSPS) is 10.8. The second-order valence-electron chi connectivity index (χ2n) is 5.03. The Bertz CT molecular complexity index is 1040. The van der Waals surface area contributed by atoms with Gasteiger partial charge in [0.15, 0.2) is 4.96 Å². The maximum Gasteiger partial charge on any atom is 0.288 e. The molecule has 3 aromatic rings. The lowest BCUT2D eigenvalue weighted by atomic mass is 10.1. The number of nitro benzene ring substituents is 1. The van der Waals surface area contributed by atoms with Crippen molar-refractivity contribution >= 4 is 58.2 Å². The molecule has 9 nitrogen and oxygen atoms in total. The first kappa shape index (κ1) is 19.6. The molecule has 0 aliphatic rings. The number of hydrogen-bond donors (Lipinski definition) is 2. The maximum absolute atomic E-state index is 11.1. The van der Waals surface area contributed by atoms with Gasteiger partial charge in [-0.3, -0.25) is 14.5 Å². The van der Waals surface area contributed by atoms with Gasteiger partial charge in [0.25, 0.3) is 5.69 Å². The molecule has 3 rings (SSSR count). The van der Waals surface area contributed by atoms with E-state index >= 15 is 0 Å². The van der Waals surface area contributed by atoms with Crippen molar-refractivity contribution in [3.63, 3.8) is 0 Å². The highest BCUT2D eigenvalue weighted by molar-refractivity contribution is 7.15. The Labute approximate surface area is 162 Å². The Hall–Kier alpha value is -2.69. The van der Waals surface area contributed by atoms with Crippen LogP contribution in [-0.4, -0.2) is 26.5 Å². The zero-order chi connectivity index (χ0) is 18.1. The van der Waals surface area contributed by atoms with Crippen molar-refractivity contribution in [1.82, 2.24) is 9.38 Å². The summed E-state index contributed by atoms with van der Waals surface area (Å²) in [4.78, 5) is 15.9. The van der Waals surface area contributed by atoms with Crippen molar-refractivity contribution < 1.29 is 4.92 Å². The van der Waals surface area contributed by atoms with E-state index in [1.54, 1.807) is 6.07 Å². The Morgan fingerprint density at radius 1 is 1.46 bits per heavy atom. The number of halogens is 2. The van der Waals surface area contributed by atoms with Crippen molar-refractivity contribution in [2.24, 2.45) is 21.7 Å². The smallest absolute Gasteiger partial charge is 0.288 e. The van der Waals surface area contributed by atoms with Crippen molar-refractivity contribution in [2.75, 3.05) is 0 Å². The third-order valence-electron chi connectivity index (χ3n) is 3.34. The number of rotatable bonds is 4. The minimum Gasteiger partial charge on any atom is -0.369 e. The first-order valence-corrected chi connectivity index (χ1v) is 8.17. The number of nitrogens with two attached hydrogens (primary N) is 2. The Morgan fingerprint density at radius 3 is 2.85 bits per heavy atom. The number of aryl methyl sites for hydroxylation is 1. The molecule has 4 N–H and O–H groups in total. The lowest BCUT2D eigenvalue weighted by Crippen LogP contribution is -2.21. The van der Waals surface area contributed by atoms with Crippen LogP contribution >= 0.6 is 35.3 Å². The summed E-state index contributed by atoms with van der Waals surface area (Å²) < 4.78 is 1.87. The molecule has 1 aromatic carbocycles. The number of fused-ring (bicyclic) bond motifs is 1. The average molecular weight is 414 g/mol. The van der Waals surface area contributed by atoms with Gasteiger partial charge in [0.1, 0.15) is 5.02 Å². The summed E-state index contributed by atoms with van der Waals surface area (Å²) >= 11 is 7.32. The van der Waals surface area contributed by atoms with Crippen LogP contribution in [0.4, 0.5) is 5.69 Å². The number of guanidine groups is 1. The van der Waals surface area contributed by atoms with Crippen molar-refractivity contribution in [1.29, 1.82) is 0 Å². The van der Waals surface area contributed by atoms with Gasteiger partial charge in [0.2, 0.25) is 5.96 Å². The van der Waals surface area contributed by atoms with E-state index in [2.05, 4.69) is 15.2 Å². The minimum atomic E-state index is -0.539. The molecule has 2 aromatic heterocycles. The predicted molar refractivity (Wildman–Crippen MR) is 106 cm³/mol. The largest absolute Gasteiger partial charge is 0.369 e. The van der Waals surface area contributed by atoms with Crippen LogP contribution in [-0.2, 0) is 0 Å². The number of nitro groups is 1. The zero-order valence-electron chi connectivity index (χ0n) is 13.3. The average Bonchev–Trinajstić information content (AvgIpc) is 3.08. The van der Waals surface area contributed by atoms with Gasteiger partial charge in [-0.25, -0.2) is 4.98 Å². The summed E-state index contributed by atoms with van der Waals surface area (Å²) in [7, 11) is 0. The quantitative estimate of drug-likeness (QED) is 0.293. The zero-order valence-corrected chi connectivity index (χ0v) is 15.7. The SMILES string of the molecule is Cc1csc2nc(-c3ccc(Cl)c([N+](=O)[O-])c3)c(/C=N/N=C(N)N)n12.Cl. The standard InChI is InChI=1S/C14H12ClN7O2S.ClH/c1-7-6-25-14-19-12(11(21(7)14)5-18-20-13(16)17)8-2-3-9(15)10(4-8)22(23)24;/h2-6H,1H3,(H4,16,17,20);1H/b18-5+;. The van der Waals surface area contributed by atoms with Crippen LogP contribution < -0.4 is 11.5 Å². The molecule has 0 fully saturated rings. The van der Waals surface area contributed by atoms with Crippen LogP contribution in [0.3, 0.4) is 0 Å². The van der Waals surface area contributed by atoms with Crippen LogP contribution in [0.1, 0.15) is 11.4 Å². The highest BCUT2D eigenvalue weighted by Crippen LogP contribution is 2.33. The summed E-state index contributed by atoms with van der Waals surface area (Å²) in [5.41, 5.74) is 13.0. The van der Waals surface area contributed by atoms with Crippen LogP contribution in [0.5, 0.6) is 0 Å². The predicted octanol–water partition coefficient (Wildman–Crippen LogP) is 2.96. The highest BCUT2D eigenvalue weighted by Gasteiger charge is 2.19. The molecule has 0 bridgehead atoms. The fraction of sp³-hybridized carbons (Fsp3) is 0.0714. The summed E-state index contributed by atoms with van der Waals surface area (Å²) in [6, 6.07) is 4.50. The number of imidazole rings is 1. The lowest BCUT2D eigenvalue weighted by molar-refractivity contribution is -0.384. The molecular formula is C14H13Cl2N7O2S. The highest BCUT2D eigenvalue weighted by atomic mass is 35.5. The number of thiazole rings is 1. The second-order valence-corrected chi connectivity index (χ2v) is 6.28. The van der Waals surface area contributed by atoms with E-state index in [9.17, 15) is 10.1 Å². The Balaban J connectivity index is 0.00000243. The van der Waals surface area contributed by atoms with E-state index in [0.29, 0.717) is 17.0 Å². The maximum atomic E-state index is 11.1. The van der Waals surface area contributed by atoms with E-state index < -0.39 is 4.92 Å². The van der Waals surface area contributed by atoms with Crippen molar-refractivity contribution in [3.8, 4) is 11.3 Å². The van der Waals surface area contributed by atoms with Crippen LogP contribution in [0.25, 0.3) is 16.2 Å². The van der Waals surface area contributed by atoms with Gasteiger partial charge >= 0.3 is 0 Å². The fourth-order valence-corrected chi connectivity index (χ4v) is 3.36. The third kappa shape index (κ3) is 3.62. The first-order valence-electron chi connectivity index (χ1n) is 6.91. The van der Waals surface area contributed by atoms with E-state index in [1.165, 1.54) is 29.7 Å². The topological polar surface area (TPSA) is 137 Å². The van der Waals surface area contributed by atoms with E-state index in [4.69, 9.17) is 23.1 Å². The van der Waals surface area contributed by atoms with Crippen LogP contribution in [0.15, 0.2) is 33.8 Å². The fourth-order valence-electron chi connectivity index (χ4n) is 2.30. The van der Waals surface area contributed by atoms with Gasteiger partial charge in [-0.05, 0) is 13.0 Å². The molecule has 136 valence electrons. The third-order valence-corrected chi connectivity index (χ3v) is 4.60. The molecule has 0 amide bonds. The molecule has 2 heterocycles. The van der Waals surface area contributed by atoms with Gasteiger partial charge in [0.05, 0.1) is 22.5 Å². The van der Waals surface area contributed by atoms with Gasteiger partial charge < -0.3 is 11.5 Å². The van der Waals surface area contributed by atoms with Crippen LogP contribution in [0.2, 0.25) is 5.02 Å². The van der Waals surface area contributed by atoms with Gasteiger partial charge in [0, 0.05) is 22.7 Å². The van der Waals surface area contributed by atoms with E-state index in [-0.39, 0.29) is 29.1 Å². The lowest BCUT2D eigenvalue weighted by Gasteiger charge is -2.02. The van der Waals surface area contributed by atoms with E-state index in [1.807, 2.05) is 16.7 Å². The second kappa shape index (κ2) is 7.68. The monoisotopic (exact) mass is 413 g/mol. The number of hydrogen-bond acceptors (Lipinski definition) is 6. The molecule has 0 aliphatic heterocycles. The molecule has 0 aliphatic carbocycles. The summed E-state index contributed by atoms with van der Waals surface area (Å²) in [5, 5.41) is 20.6. The molecule has 26 heavy (non-hydrogen) atoms. The minimum absolute atomic E-state index is 0. The Morgan fingerprint density at radius 2 is 2.19 bits per heavy atom. The van der Waals surface area contributed by atoms with Crippen molar-refractivity contribution in [3.05, 3.63) is 50.1 Å². The van der Waals surface area contributed by atoms with Gasteiger partial charge in [-0.15, -0.1) is 28.8 Å². The van der Waals surface area contributed by atoms with Crippen molar-refractivity contribution in [2.45, 2.75) is 6.92 Å².